The maximum Gasteiger partial charge on any atom is 0.193 e. The molecule has 2 rings (SSSR count). The second kappa shape index (κ2) is 10.1. The summed E-state index contributed by atoms with van der Waals surface area (Å²) in [5.41, 5.74) is 0. The average molecular weight is 333 g/mol. The van der Waals surface area contributed by atoms with Crippen LogP contribution in [0.2, 0.25) is 0 Å². The van der Waals surface area contributed by atoms with E-state index in [0.29, 0.717) is 5.92 Å². The first kappa shape index (κ1) is 18.5. The number of piperazine rings is 1. The van der Waals surface area contributed by atoms with Gasteiger partial charge in [0.05, 0.1) is 6.61 Å². The summed E-state index contributed by atoms with van der Waals surface area (Å²) in [5, 5.41) is 3.40. The zero-order chi connectivity index (χ0) is 17.2. The fraction of sp³-hybridized carbons (Fsp3) is 0.667. The summed E-state index contributed by atoms with van der Waals surface area (Å²) in [6.07, 6.45) is 2.96. The van der Waals surface area contributed by atoms with E-state index in [1.165, 1.54) is 0 Å². The second-order valence-electron chi connectivity index (χ2n) is 6.43. The Bertz CT molecular complexity index is 483. The van der Waals surface area contributed by atoms with E-state index in [-0.39, 0.29) is 0 Å². The summed E-state index contributed by atoms with van der Waals surface area (Å²) in [5.74, 6) is 2.71. The molecule has 0 spiro atoms. The highest BCUT2D eigenvalue weighted by Crippen LogP contribution is 2.12. The van der Waals surface area contributed by atoms with E-state index in [1.807, 2.05) is 25.4 Å². The molecular formula is C18H31N5O. The maximum atomic E-state index is 5.65. The van der Waals surface area contributed by atoms with Gasteiger partial charge in [-0.25, -0.2) is 4.98 Å². The number of ether oxygens (including phenoxy) is 1. The molecule has 1 aliphatic rings. The number of hydrogen-bond donors (Lipinski definition) is 1. The molecule has 24 heavy (non-hydrogen) atoms. The quantitative estimate of drug-likeness (QED) is 0.469. The molecule has 1 N–H and O–H groups in total. The van der Waals surface area contributed by atoms with Gasteiger partial charge in [0.15, 0.2) is 5.96 Å². The summed E-state index contributed by atoms with van der Waals surface area (Å²) < 4.78 is 5.65. The smallest absolute Gasteiger partial charge is 0.193 e. The molecule has 1 aliphatic heterocycles. The minimum atomic E-state index is 0.695. The first-order chi connectivity index (χ1) is 11.7. The summed E-state index contributed by atoms with van der Waals surface area (Å²) in [7, 11) is 1.84. The van der Waals surface area contributed by atoms with Crippen molar-refractivity contribution in [1.29, 1.82) is 0 Å². The van der Waals surface area contributed by atoms with Crippen molar-refractivity contribution in [3.63, 3.8) is 0 Å². The van der Waals surface area contributed by atoms with Gasteiger partial charge in [0, 0.05) is 52.6 Å². The lowest BCUT2D eigenvalue weighted by molar-refractivity contribution is 0.127. The highest BCUT2D eigenvalue weighted by Gasteiger charge is 2.20. The Kier molecular flexibility index (Phi) is 7.82. The molecule has 2 heterocycles. The van der Waals surface area contributed by atoms with Gasteiger partial charge in [-0.2, -0.15) is 0 Å². The van der Waals surface area contributed by atoms with E-state index in [9.17, 15) is 0 Å². The number of nitrogens with one attached hydrogen (secondary N) is 1. The Balaban J connectivity index is 1.68. The lowest BCUT2D eigenvalue weighted by Crippen LogP contribution is -2.53. The number of aromatic nitrogens is 1. The Morgan fingerprint density at radius 3 is 2.67 bits per heavy atom. The fourth-order valence-corrected chi connectivity index (χ4v) is 2.68. The van der Waals surface area contributed by atoms with Crippen LogP contribution in [0.5, 0.6) is 0 Å². The van der Waals surface area contributed by atoms with Gasteiger partial charge >= 0.3 is 0 Å². The molecule has 6 nitrogen and oxygen atoms in total. The van der Waals surface area contributed by atoms with Crippen molar-refractivity contribution < 1.29 is 4.74 Å². The van der Waals surface area contributed by atoms with E-state index in [2.05, 4.69) is 45.0 Å². The van der Waals surface area contributed by atoms with Crippen LogP contribution >= 0.6 is 0 Å². The number of aliphatic imine (C=N–C) groups is 1. The number of anilines is 1. The lowest BCUT2D eigenvalue weighted by Gasteiger charge is -2.37. The van der Waals surface area contributed by atoms with Crippen molar-refractivity contribution in [1.82, 2.24) is 15.2 Å². The van der Waals surface area contributed by atoms with E-state index < -0.39 is 0 Å². The summed E-state index contributed by atoms with van der Waals surface area (Å²) in [4.78, 5) is 13.4. The number of rotatable bonds is 7. The molecule has 0 saturated carbocycles. The molecule has 1 fully saturated rings. The molecule has 0 atom stereocenters. The summed E-state index contributed by atoms with van der Waals surface area (Å²) >= 11 is 0. The highest BCUT2D eigenvalue weighted by atomic mass is 16.5. The molecule has 0 radical (unpaired) electrons. The van der Waals surface area contributed by atoms with Crippen LogP contribution in [0.3, 0.4) is 0 Å². The monoisotopic (exact) mass is 333 g/mol. The fourth-order valence-electron chi connectivity index (χ4n) is 2.68. The summed E-state index contributed by atoms with van der Waals surface area (Å²) in [6, 6.07) is 6.06. The summed E-state index contributed by atoms with van der Waals surface area (Å²) in [6.45, 7) is 10.6. The molecule has 6 heteroatoms. The van der Waals surface area contributed by atoms with Gasteiger partial charge in [0.2, 0.25) is 0 Å². The van der Waals surface area contributed by atoms with Crippen LogP contribution in [0.15, 0.2) is 29.4 Å². The van der Waals surface area contributed by atoms with E-state index in [1.54, 1.807) is 0 Å². The Morgan fingerprint density at radius 2 is 2.04 bits per heavy atom. The van der Waals surface area contributed by atoms with Gasteiger partial charge in [0.1, 0.15) is 5.82 Å². The molecule has 0 aliphatic carbocycles. The largest absolute Gasteiger partial charge is 0.380 e. The zero-order valence-corrected chi connectivity index (χ0v) is 15.2. The van der Waals surface area contributed by atoms with Gasteiger partial charge in [-0.3, -0.25) is 4.99 Å². The first-order valence-electron chi connectivity index (χ1n) is 8.90. The van der Waals surface area contributed by atoms with Crippen molar-refractivity contribution in [3.05, 3.63) is 24.4 Å². The molecule has 1 saturated heterocycles. The van der Waals surface area contributed by atoms with Gasteiger partial charge in [-0.1, -0.05) is 19.9 Å². The molecule has 134 valence electrons. The molecule has 1 aromatic rings. The number of nitrogens with zero attached hydrogens (tertiary/aromatic N) is 4. The van der Waals surface area contributed by atoms with Crippen molar-refractivity contribution in [2.75, 3.05) is 57.9 Å². The standard InChI is InChI=1S/C18H31N5O/c1-16(2)7-14-24-15-9-21-18(19-3)23-12-10-22(11-13-23)17-6-4-5-8-20-17/h4-6,8,16H,7,9-15H2,1-3H3,(H,19,21). The van der Waals surface area contributed by atoms with Crippen molar-refractivity contribution in [2.24, 2.45) is 10.9 Å². The van der Waals surface area contributed by atoms with Crippen LogP contribution in [0.4, 0.5) is 5.82 Å². The molecule has 0 unspecified atom stereocenters. The topological polar surface area (TPSA) is 53.0 Å². The molecule has 0 aromatic carbocycles. The molecular weight excluding hydrogens is 302 g/mol. The van der Waals surface area contributed by atoms with Crippen molar-refractivity contribution >= 4 is 11.8 Å². The third kappa shape index (κ3) is 6.00. The minimum absolute atomic E-state index is 0.695. The lowest BCUT2D eigenvalue weighted by atomic mass is 10.1. The Hall–Kier alpha value is -1.82. The van der Waals surface area contributed by atoms with E-state index in [0.717, 1.165) is 64.1 Å². The predicted molar refractivity (Wildman–Crippen MR) is 99.7 cm³/mol. The SMILES string of the molecule is CN=C(NCCOCCC(C)C)N1CCN(c2ccccn2)CC1. The average Bonchev–Trinajstić information content (AvgIpc) is 2.62. The van der Waals surface area contributed by atoms with Crippen LogP contribution in [0.1, 0.15) is 20.3 Å². The van der Waals surface area contributed by atoms with Gasteiger partial charge in [-0.05, 0) is 24.5 Å². The van der Waals surface area contributed by atoms with Crippen LogP contribution in [0.25, 0.3) is 0 Å². The normalized spacial score (nSPS) is 15.9. The maximum absolute atomic E-state index is 5.65. The predicted octanol–water partition coefficient (Wildman–Crippen LogP) is 1.84. The molecule has 1 aromatic heterocycles. The van der Waals surface area contributed by atoms with Crippen molar-refractivity contribution in [3.8, 4) is 0 Å². The van der Waals surface area contributed by atoms with Gasteiger partial charge in [0.25, 0.3) is 0 Å². The van der Waals surface area contributed by atoms with Crippen LogP contribution < -0.4 is 10.2 Å². The zero-order valence-electron chi connectivity index (χ0n) is 15.2. The van der Waals surface area contributed by atoms with Gasteiger partial charge in [-0.15, -0.1) is 0 Å². The second-order valence-corrected chi connectivity index (χ2v) is 6.43. The minimum Gasteiger partial charge on any atom is -0.380 e. The third-order valence-electron chi connectivity index (χ3n) is 4.13. The van der Waals surface area contributed by atoms with Crippen LogP contribution in [-0.4, -0.2) is 68.8 Å². The number of hydrogen-bond acceptors (Lipinski definition) is 4. The Labute approximate surface area is 145 Å². The van der Waals surface area contributed by atoms with Crippen LogP contribution in [-0.2, 0) is 4.74 Å². The molecule has 0 bridgehead atoms. The molecule has 0 amide bonds. The van der Waals surface area contributed by atoms with E-state index in [4.69, 9.17) is 4.74 Å². The number of guanidine groups is 1. The first-order valence-corrected chi connectivity index (χ1v) is 8.90. The third-order valence-corrected chi connectivity index (χ3v) is 4.13. The van der Waals surface area contributed by atoms with Crippen molar-refractivity contribution in [2.45, 2.75) is 20.3 Å². The highest BCUT2D eigenvalue weighted by molar-refractivity contribution is 5.80. The number of pyridine rings is 1. The van der Waals surface area contributed by atoms with Crippen LogP contribution in [0, 0.1) is 5.92 Å². The van der Waals surface area contributed by atoms with E-state index >= 15 is 0 Å². The van der Waals surface area contributed by atoms with Gasteiger partial charge < -0.3 is 19.9 Å². The Morgan fingerprint density at radius 1 is 1.25 bits per heavy atom.